The number of rotatable bonds is 4. The average molecular weight is 263 g/mol. The molecule has 0 N–H and O–H groups in total. The fourth-order valence-corrected chi connectivity index (χ4v) is 2.64. The summed E-state index contributed by atoms with van der Waals surface area (Å²) in [5.74, 6) is -1.75. The van der Waals surface area contributed by atoms with Gasteiger partial charge in [0.1, 0.15) is 11.7 Å². The quantitative estimate of drug-likeness (QED) is 0.577. The molecule has 4 nitrogen and oxygen atoms in total. The van der Waals surface area contributed by atoms with Crippen LogP contribution in [-0.4, -0.2) is 18.4 Å². The van der Waals surface area contributed by atoms with Gasteiger partial charge in [0.25, 0.3) is 0 Å². The summed E-state index contributed by atoms with van der Waals surface area (Å²) in [5.41, 5.74) is 0.936. The molecule has 0 aromatic heterocycles. The monoisotopic (exact) mass is 263 g/mol. The molecule has 1 fully saturated rings. The van der Waals surface area contributed by atoms with Crippen LogP contribution in [0.3, 0.4) is 0 Å². The number of Topliss-reactive ketones (excluding diaryl/α,β-unsaturated/α-hetero) is 1. The smallest absolute Gasteiger partial charge is 0.323 e. The average Bonchev–Trinajstić information content (AvgIpc) is 2.35. The summed E-state index contributed by atoms with van der Waals surface area (Å²) in [7, 11) is 0. The van der Waals surface area contributed by atoms with E-state index in [1.807, 2.05) is 13.0 Å². The molecule has 0 radical (unpaired) electrons. The van der Waals surface area contributed by atoms with Gasteiger partial charge in [0, 0.05) is 12.3 Å². The lowest BCUT2D eigenvalue weighted by molar-refractivity contribution is -0.149. The van der Waals surface area contributed by atoms with Gasteiger partial charge in [0.05, 0.1) is 12.7 Å². The molecule has 0 bridgehead atoms. The molecular formula is C15H21NO3. The predicted octanol–water partition coefficient (Wildman–Crippen LogP) is 2.50. The molecule has 0 heterocycles. The van der Waals surface area contributed by atoms with Crippen molar-refractivity contribution in [3.8, 4) is 6.07 Å². The Morgan fingerprint density at radius 2 is 2.26 bits per heavy atom. The van der Waals surface area contributed by atoms with E-state index in [9.17, 15) is 14.9 Å². The normalized spacial score (nSPS) is 28.3. The number of nitriles is 1. The van der Waals surface area contributed by atoms with E-state index < -0.39 is 11.9 Å². The first-order valence-corrected chi connectivity index (χ1v) is 6.66. The second kappa shape index (κ2) is 6.51. The first kappa shape index (κ1) is 15.4. The van der Waals surface area contributed by atoms with Gasteiger partial charge in [-0.3, -0.25) is 9.59 Å². The first-order chi connectivity index (χ1) is 8.92. The van der Waals surface area contributed by atoms with E-state index in [0.717, 1.165) is 5.57 Å². The Morgan fingerprint density at radius 1 is 1.63 bits per heavy atom. The molecule has 0 amide bonds. The lowest BCUT2D eigenvalue weighted by atomic mass is 9.67. The number of carbonyl (C=O) groups is 2. The van der Waals surface area contributed by atoms with Crippen molar-refractivity contribution >= 4 is 11.8 Å². The predicted molar refractivity (Wildman–Crippen MR) is 70.9 cm³/mol. The van der Waals surface area contributed by atoms with Gasteiger partial charge in [-0.15, -0.1) is 0 Å². The third-order valence-corrected chi connectivity index (χ3v) is 3.96. The molecule has 0 saturated heterocycles. The second-order valence-corrected chi connectivity index (χ2v) is 5.26. The van der Waals surface area contributed by atoms with Crippen molar-refractivity contribution in [2.75, 3.05) is 6.61 Å². The number of carbonyl (C=O) groups excluding carboxylic acids is 2. The van der Waals surface area contributed by atoms with E-state index in [-0.39, 0.29) is 30.1 Å². The van der Waals surface area contributed by atoms with Gasteiger partial charge in [-0.1, -0.05) is 19.1 Å². The minimum absolute atomic E-state index is 0.0685. The summed E-state index contributed by atoms with van der Waals surface area (Å²) in [6.45, 7) is 9.52. The number of esters is 1. The molecule has 4 atom stereocenters. The van der Waals surface area contributed by atoms with Gasteiger partial charge in [-0.25, -0.2) is 0 Å². The van der Waals surface area contributed by atoms with E-state index in [1.165, 1.54) is 0 Å². The zero-order valence-corrected chi connectivity index (χ0v) is 11.8. The molecular weight excluding hydrogens is 242 g/mol. The van der Waals surface area contributed by atoms with Crippen LogP contribution < -0.4 is 0 Å². The zero-order valence-electron chi connectivity index (χ0n) is 11.8. The summed E-state index contributed by atoms with van der Waals surface area (Å²) in [4.78, 5) is 23.8. The fourth-order valence-electron chi connectivity index (χ4n) is 2.64. The van der Waals surface area contributed by atoms with Gasteiger partial charge in [0.15, 0.2) is 0 Å². The molecule has 4 unspecified atom stereocenters. The zero-order chi connectivity index (χ0) is 14.6. The molecule has 0 spiro atoms. The Labute approximate surface area is 114 Å². The van der Waals surface area contributed by atoms with Crippen molar-refractivity contribution < 1.29 is 14.3 Å². The highest BCUT2D eigenvalue weighted by atomic mass is 16.5. The van der Waals surface area contributed by atoms with Crippen molar-refractivity contribution in [2.45, 2.75) is 33.6 Å². The van der Waals surface area contributed by atoms with Crippen LogP contribution in [0.5, 0.6) is 0 Å². The number of hydrogen-bond donors (Lipinski definition) is 0. The van der Waals surface area contributed by atoms with Crippen LogP contribution >= 0.6 is 0 Å². The molecule has 104 valence electrons. The molecule has 1 rings (SSSR count). The molecule has 0 aromatic carbocycles. The molecule has 1 saturated carbocycles. The van der Waals surface area contributed by atoms with Gasteiger partial charge in [-0.05, 0) is 32.1 Å². The topological polar surface area (TPSA) is 67.2 Å². The lowest BCUT2D eigenvalue weighted by Gasteiger charge is -2.35. The summed E-state index contributed by atoms with van der Waals surface area (Å²) >= 11 is 0. The van der Waals surface area contributed by atoms with Crippen molar-refractivity contribution in [1.82, 2.24) is 0 Å². The molecule has 1 aliphatic carbocycles. The van der Waals surface area contributed by atoms with Gasteiger partial charge >= 0.3 is 5.97 Å². The molecule has 4 heteroatoms. The highest BCUT2D eigenvalue weighted by molar-refractivity contribution is 5.84. The Morgan fingerprint density at radius 3 is 2.74 bits per heavy atom. The van der Waals surface area contributed by atoms with Crippen LogP contribution in [0.25, 0.3) is 0 Å². The summed E-state index contributed by atoms with van der Waals surface area (Å²) < 4.78 is 4.93. The maximum absolute atomic E-state index is 12.0. The van der Waals surface area contributed by atoms with Crippen LogP contribution in [0.4, 0.5) is 0 Å². The Hall–Kier alpha value is -1.63. The molecule has 0 aliphatic heterocycles. The minimum Gasteiger partial charge on any atom is -0.465 e. The van der Waals surface area contributed by atoms with Crippen molar-refractivity contribution in [1.29, 1.82) is 5.26 Å². The summed E-state index contributed by atoms with van der Waals surface area (Å²) in [6.07, 6.45) is 1.12. The molecule has 0 aromatic rings. The number of ether oxygens (including phenoxy) is 1. The highest BCUT2D eigenvalue weighted by Crippen LogP contribution is 2.39. The number of hydrogen-bond acceptors (Lipinski definition) is 4. The first-order valence-electron chi connectivity index (χ1n) is 6.66. The Kier molecular flexibility index (Phi) is 5.29. The Balaban J connectivity index is 2.94. The van der Waals surface area contributed by atoms with Gasteiger partial charge in [0.2, 0.25) is 0 Å². The van der Waals surface area contributed by atoms with E-state index in [2.05, 4.69) is 6.58 Å². The molecule has 1 aliphatic rings. The largest absolute Gasteiger partial charge is 0.465 e. The number of nitrogens with zero attached hydrogens (tertiary/aromatic N) is 1. The van der Waals surface area contributed by atoms with Crippen LogP contribution in [0, 0.1) is 35.0 Å². The van der Waals surface area contributed by atoms with Gasteiger partial charge in [-0.2, -0.15) is 5.26 Å². The second-order valence-electron chi connectivity index (χ2n) is 5.26. The minimum atomic E-state index is -0.860. The molecule has 19 heavy (non-hydrogen) atoms. The van der Waals surface area contributed by atoms with E-state index >= 15 is 0 Å². The van der Waals surface area contributed by atoms with Crippen LogP contribution in [0.2, 0.25) is 0 Å². The lowest BCUT2D eigenvalue weighted by Crippen LogP contribution is -2.38. The van der Waals surface area contributed by atoms with E-state index in [1.54, 1.807) is 13.8 Å². The summed E-state index contributed by atoms with van der Waals surface area (Å²) in [6, 6.07) is 2.01. The maximum Gasteiger partial charge on any atom is 0.323 e. The van der Waals surface area contributed by atoms with E-state index in [0.29, 0.717) is 12.8 Å². The highest BCUT2D eigenvalue weighted by Gasteiger charge is 2.41. The Bertz CT molecular complexity index is 422. The van der Waals surface area contributed by atoms with Crippen LogP contribution in [0.1, 0.15) is 33.6 Å². The van der Waals surface area contributed by atoms with Crippen molar-refractivity contribution in [3.05, 3.63) is 12.2 Å². The maximum atomic E-state index is 12.0. The number of allylic oxidation sites excluding steroid dienone is 1. The van der Waals surface area contributed by atoms with Crippen molar-refractivity contribution in [2.24, 2.45) is 23.7 Å². The van der Waals surface area contributed by atoms with Gasteiger partial charge < -0.3 is 4.74 Å². The number of ketones is 1. The van der Waals surface area contributed by atoms with Crippen molar-refractivity contribution in [3.63, 3.8) is 0 Å². The fraction of sp³-hybridized carbons (Fsp3) is 0.667. The summed E-state index contributed by atoms with van der Waals surface area (Å²) in [5, 5.41) is 9.22. The third kappa shape index (κ3) is 3.44. The third-order valence-electron chi connectivity index (χ3n) is 3.96. The SMILES string of the molecule is C=C(C)C1CC(=O)C(C)C(C(C#N)C(=O)OCC)C1. The standard InChI is InChI=1S/C15H21NO3/c1-5-19-15(18)13(8-16)12-6-11(9(2)3)7-14(17)10(12)4/h10-13H,2,5-7H2,1,3-4H3. The van der Waals surface area contributed by atoms with E-state index in [4.69, 9.17) is 4.74 Å². The van der Waals surface area contributed by atoms with Crippen LogP contribution in [-0.2, 0) is 14.3 Å². The van der Waals surface area contributed by atoms with Crippen LogP contribution in [0.15, 0.2) is 12.2 Å².